The molecule has 0 aromatic heterocycles. The van der Waals surface area contributed by atoms with Gasteiger partial charge in [-0.15, -0.1) is 0 Å². The van der Waals surface area contributed by atoms with Crippen LogP contribution >= 0.6 is 0 Å². The highest BCUT2D eigenvalue weighted by Gasteiger charge is 2.27. The molecule has 2 amide bonds. The zero-order chi connectivity index (χ0) is 13.7. The van der Waals surface area contributed by atoms with Crippen LogP contribution in [0.15, 0.2) is 30.3 Å². The molecule has 0 saturated carbocycles. The normalized spacial score (nSPS) is 19.8. The maximum Gasteiger partial charge on any atom is 0.242 e. The summed E-state index contributed by atoms with van der Waals surface area (Å²) in [6.45, 7) is 2.73. The Morgan fingerprint density at radius 3 is 2.74 bits per heavy atom. The van der Waals surface area contributed by atoms with Crippen molar-refractivity contribution < 1.29 is 9.59 Å². The van der Waals surface area contributed by atoms with Gasteiger partial charge < -0.3 is 10.6 Å². The third kappa shape index (κ3) is 3.56. The number of nitrogens with one attached hydrogen (secondary N) is 2. The molecular weight excluding hydrogens is 240 g/mol. The van der Waals surface area contributed by atoms with Crippen LogP contribution in [0.1, 0.15) is 37.7 Å². The lowest BCUT2D eigenvalue weighted by Crippen LogP contribution is -2.42. The third-order valence-corrected chi connectivity index (χ3v) is 3.60. The standard InChI is InChI=1S/C15H20N2O2/c1-2-11(12-6-4-3-5-7-12)10-16-15(19)13-8-9-14(18)17-13/h3-7,11,13H,2,8-10H2,1H3,(H,16,19)(H,17,18). The van der Waals surface area contributed by atoms with Gasteiger partial charge >= 0.3 is 0 Å². The van der Waals surface area contributed by atoms with Gasteiger partial charge in [0.1, 0.15) is 6.04 Å². The summed E-state index contributed by atoms with van der Waals surface area (Å²) in [5.41, 5.74) is 1.24. The van der Waals surface area contributed by atoms with E-state index in [1.807, 2.05) is 18.2 Å². The lowest BCUT2D eigenvalue weighted by Gasteiger charge is -2.18. The van der Waals surface area contributed by atoms with Crippen molar-refractivity contribution in [3.63, 3.8) is 0 Å². The molecule has 2 rings (SSSR count). The Kier molecular flexibility index (Phi) is 4.55. The molecule has 1 aliphatic heterocycles. The molecule has 4 heteroatoms. The van der Waals surface area contributed by atoms with Gasteiger partial charge in [-0.3, -0.25) is 9.59 Å². The van der Waals surface area contributed by atoms with Gasteiger partial charge in [-0.25, -0.2) is 0 Å². The molecule has 0 aliphatic carbocycles. The van der Waals surface area contributed by atoms with Gasteiger partial charge in [0.15, 0.2) is 0 Å². The summed E-state index contributed by atoms with van der Waals surface area (Å²) < 4.78 is 0. The molecule has 1 saturated heterocycles. The van der Waals surface area contributed by atoms with E-state index in [9.17, 15) is 9.59 Å². The van der Waals surface area contributed by atoms with Gasteiger partial charge in [-0.05, 0) is 18.4 Å². The van der Waals surface area contributed by atoms with Crippen LogP contribution in [0.25, 0.3) is 0 Å². The van der Waals surface area contributed by atoms with E-state index in [1.165, 1.54) is 5.56 Å². The minimum absolute atomic E-state index is 0.0322. The van der Waals surface area contributed by atoms with Gasteiger partial charge in [0.25, 0.3) is 0 Å². The van der Waals surface area contributed by atoms with E-state index in [1.54, 1.807) is 0 Å². The topological polar surface area (TPSA) is 58.2 Å². The first kappa shape index (κ1) is 13.6. The fourth-order valence-corrected chi connectivity index (χ4v) is 2.38. The molecule has 19 heavy (non-hydrogen) atoms. The summed E-state index contributed by atoms with van der Waals surface area (Å²) >= 11 is 0. The molecule has 0 spiro atoms. The van der Waals surface area contributed by atoms with Gasteiger partial charge in [0, 0.05) is 18.9 Å². The van der Waals surface area contributed by atoms with Crippen molar-refractivity contribution in [2.45, 2.75) is 38.1 Å². The Bertz CT molecular complexity index is 445. The summed E-state index contributed by atoms with van der Waals surface area (Å²) in [7, 11) is 0. The van der Waals surface area contributed by atoms with E-state index < -0.39 is 0 Å². The Hall–Kier alpha value is -1.84. The smallest absolute Gasteiger partial charge is 0.242 e. The number of benzene rings is 1. The Labute approximate surface area is 113 Å². The maximum absolute atomic E-state index is 11.9. The fourth-order valence-electron chi connectivity index (χ4n) is 2.38. The number of hydrogen-bond donors (Lipinski definition) is 2. The number of rotatable bonds is 5. The van der Waals surface area contributed by atoms with Crippen LogP contribution in [0, 0.1) is 0 Å². The van der Waals surface area contributed by atoms with Crippen molar-refractivity contribution in [3.05, 3.63) is 35.9 Å². The minimum atomic E-state index is -0.347. The molecule has 1 aromatic rings. The zero-order valence-corrected chi connectivity index (χ0v) is 11.2. The van der Waals surface area contributed by atoms with Crippen molar-refractivity contribution >= 4 is 11.8 Å². The lowest BCUT2D eigenvalue weighted by atomic mass is 9.96. The number of carbonyl (C=O) groups is 2. The molecule has 1 fully saturated rings. The second-order valence-electron chi connectivity index (χ2n) is 4.92. The average molecular weight is 260 g/mol. The highest BCUT2D eigenvalue weighted by atomic mass is 16.2. The molecule has 1 aliphatic rings. The predicted molar refractivity (Wildman–Crippen MR) is 73.6 cm³/mol. The summed E-state index contributed by atoms with van der Waals surface area (Å²) in [6, 6.07) is 9.83. The van der Waals surface area contributed by atoms with Crippen LogP contribution < -0.4 is 10.6 Å². The second kappa shape index (κ2) is 6.36. The third-order valence-electron chi connectivity index (χ3n) is 3.60. The second-order valence-corrected chi connectivity index (χ2v) is 4.92. The summed E-state index contributed by atoms with van der Waals surface area (Å²) in [4.78, 5) is 23.0. The number of amides is 2. The Morgan fingerprint density at radius 1 is 1.42 bits per heavy atom. The van der Waals surface area contributed by atoms with E-state index in [-0.39, 0.29) is 17.9 Å². The van der Waals surface area contributed by atoms with Gasteiger partial charge in [0.2, 0.25) is 11.8 Å². The molecule has 2 N–H and O–H groups in total. The van der Waals surface area contributed by atoms with Crippen LogP contribution in [-0.4, -0.2) is 24.4 Å². The van der Waals surface area contributed by atoms with Crippen LogP contribution in [0.3, 0.4) is 0 Å². The van der Waals surface area contributed by atoms with Crippen molar-refractivity contribution in [2.24, 2.45) is 0 Å². The maximum atomic E-state index is 11.9. The molecule has 0 bridgehead atoms. The molecular formula is C15H20N2O2. The van der Waals surface area contributed by atoms with Crippen LogP contribution in [0.4, 0.5) is 0 Å². The minimum Gasteiger partial charge on any atom is -0.354 e. The molecule has 1 heterocycles. The van der Waals surface area contributed by atoms with E-state index >= 15 is 0 Å². The monoisotopic (exact) mass is 260 g/mol. The highest BCUT2D eigenvalue weighted by molar-refractivity contribution is 5.90. The first-order valence-corrected chi connectivity index (χ1v) is 6.82. The van der Waals surface area contributed by atoms with Gasteiger partial charge in [-0.1, -0.05) is 37.3 Å². The fraction of sp³-hybridized carbons (Fsp3) is 0.467. The molecule has 2 unspecified atom stereocenters. The van der Waals surface area contributed by atoms with E-state index in [0.29, 0.717) is 25.3 Å². The van der Waals surface area contributed by atoms with Crippen LogP contribution in [-0.2, 0) is 9.59 Å². The summed E-state index contributed by atoms with van der Waals surface area (Å²) in [6.07, 6.45) is 2.03. The van der Waals surface area contributed by atoms with Crippen molar-refractivity contribution in [1.29, 1.82) is 0 Å². The highest BCUT2D eigenvalue weighted by Crippen LogP contribution is 2.18. The zero-order valence-electron chi connectivity index (χ0n) is 11.2. The lowest BCUT2D eigenvalue weighted by molar-refractivity contribution is -0.125. The van der Waals surface area contributed by atoms with Crippen molar-refractivity contribution in [2.75, 3.05) is 6.54 Å². The first-order chi connectivity index (χ1) is 9.20. The van der Waals surface area contributed by atoms with E-state index in [4.69, 9.17) is 0 Å². The first-order valence-electron chi connectivity index (χ1n) is 6.82. The van der Waals surface area contributed by atoms with E-state index in [0.717, 1.165) is 6.42 Å². The Morgan fingerprint density at radius 2 is 2.16 bits per heavy atom. The van der Waals surface area contributed by atoms with Crippen molar-refractivity contribution in [1.82, 2.24) is 10.6 Å². The quantitative estimate of drug-likeness (QED) is 0.844. The Balaban J connectivity index is 1.86. The van der Waals surface area contributed by atoms with Crippen molar-refractivity contribution in [3.8, 4) is 0 Å². The van der Waals surface area contributed by atoms with Crippen LogP contribution in [0.5, 0.6) is 0 Å². The summed E-state index contributed by atoms with van der Waals surface area (Å²) in [5.74, 6) is 0.220. The number of carbonyl (C=O) groups excluding carboxylic acids is 2. The van der Waals surface area contributed by atoms with Crippen LogP contribution in [0.2, 0.25) is 0 Å². The molecule has 102 valence electrons. The average Bonchev–Trinajstić information content (AvgIpc) is 2.87. The summed E-state index contributed by atoms with van der Waals surface area (Å²) in [5, 5.41) is 5.63. The molecule has 2 atom stereocenters. The predicted octanol–water partition coefficient (Wildman–Crippen LogP) is 1.57. The van der Waals surface area contributed by atoms with Gasteiger partial charge in [0.05, 0.1) is 0 Å². The number of hydrogen-bond acceptors (Lipinski definition) is 2. The molecule has 4 nitrogen and oxygen atoms in total. The largest absolute Gasteiger partial charge is 0.354 e. The van der Waals surface area contributed by atoms with E-state index in [2.05, 4.69) is 29.7 Å². The SMILES string of the molecule is CCC(CNC(=O)C1CCC(=O)N1)c1ccccc1. The molecule has 0 radical (unpaired) electrons. The molecule has 1 aromatic carbocycles. The van der Waals surface area contributed by atoms with Gasteiger partial charge in [-0.2, -0.15) is 0 Å².